The molecule has 16 heavy (non-hydrogen) atoms. The van der Waals surface area contributed by atoms with Gasteiger partial charge in [0.2, 0.25) is 0 Å². The second kappa shape index (κ2) is 4.60. The van der Waals surface area contributed by atoms with Crippen molar-refractivity contribution in [1.29, 1.82) is 0 Å². The van der Waals surface area contributed by atoms with E-state index in [4.69, 9.17) is 0 Å². The van der Waals surface area contributed by atoms with Crippen LogP contribution in [0.25, 0.3) is 0 Å². The summed E-state index contributed by atoms with van der Waals surface area (Å²) in [5.74, 6) is -2.71. The molecular weight excluding hydrogens is 212 g/mol. The van der Waals surface area contributed by atoms with Crippen molar-refractivity contribution >= 4 is 5.91 Å². The number of carbonyl (C=O) groups is 1. The Hall–Kier alpha value is -1.45. The first kappa shape index (κ1) is 12.6. The van der Waals surface area contributed by atoms with E-state index in [9.17, 15) is 13.6 Å². The first-order chi connectivity index (χ1) is 7.37. The zero-order valence-corrected chi connectivity index (χ0v) is 9.60. The lowest BCUT2D eigenvalue weighted by atomic mass is 10.0. The van der Waals surface area contributed by atoms with Crippen LogP contribution in [0.4, 0.5) is 8.78 Å². The quantitative estimate of drug-likeness (QED) is 0.845. The standard InChI is InChI=1S/C12H15F2NO/c1-4-12(2,3)15-11(16)8-6-5-7-9(13)10(8)14/h5-7H,4H2,1-3H3,(H,15,16). The van der Waals surface area contributed by atoms with Gasteiger partial charge in [0.1, 0.15) is 0 Å². The third kappa shape index (κ3) is 2.78. The molecule has 0 aliphatic carbocycles. The van der Waals surface area contributed by atoms with Gasteiger partial charge in [-0.05, 0) is 32.4 Å². The summed E-state index contributed by atoms with van der Waals surface area (Å²) in [6.45, 7) is 5.55. The molecule has 1 amide bonds. The highest BCUT2D eigenvalue weighted by atomic mass is 19.2. The van der Waals surface area contributed by atoms with Crippen LogP contribution in [-0.2, 0) is 0 Å². The van der Waals surface area contributed by atoms with Gasteiger partial charge in [-0.25, -0.2) is 8.78 Å². The normalized spacial score (nSPS) is 11.3. The van der Waals surface area contributed by atoms with Gasteiger partial charge in [-0.1, -0.05) is 13.0 Å². The lowest BCUT2D eigenvalue weighted by molar-refractivity contribution is 0.0906. The van der Waals surface area contributed by atoms with Crippen LogP contribution >= 0.6 is 0 Å². The second-order valence-electron chi connectivity index (χ2n) is 4.29. The van der Waals surface area contributed by atoms with Crippen LogP contribution in [0.3, 0.4) is 0 Å². The van der Waals surface area contributed by atoms with E-state index in [0.29, 0.717) is 6.42 Å². The van der Waals surface area contributed by atoms with Gasteiger partial charge in [0.05, 0.1) is 5.56 Å². The van der Waals surface area contributed by atoms with E-state index in [1.54, 1.807) is 0 Å². The van der Waals surface area contributed by atoms with E-state index in [0.717, 1.165) is 6.07 Å². The molecule has 2 nitrogen and oxygen atoms in total. The van der Waals surface area contributed by atoms with Gasteiger partial charge in [-0.15, -0.1) is 0 Å². The molecule has 0 saturated heterocycles. The lowest BCUT2D eigenvalue weighted by Crippen LogP contribution is -2.43. The summed E-state index contributed by atoms with van der Waals surface area (Å²) < 4.78 is 26.2. The molecule has 1 rings (SSSR count). The Morgan fingerprint density at radius 2 is 2.00 bits per heavy atom. The molecule has 0 unspecified atom stereocenters. The van der Waals surface area contributed by atoms with E-state index in [1.165, 1.54) is 12.1 Å². The highest BCUT2D eigenvalue weighted by Gasteiger charge is 2.21. The molecular formula is C12H15F2NO. The minimum absolute atomic E-state index is 0.262. The zero-order chi connectivity index (χ0) is 12.3. The molecule has 0 saturated carbocycles. The smallest absolute Gasteiger partial charge is 0.254 e. The first-order valence-corrected chi connectivity index (χ1v) is 5.14. The second-order valence-corrected chi connectivity index (χ2v) is 4.29. The van der Waals surface area contributed by atoms with Crippen molar-refractivity contribution in [1.82, 2.24) is 5.32 Å². The van der Waals surface area contributed by atoms with Crippen LogP contribution in [0.1, 0.15) is 37.6 Å². The molecule has 4 heteroatoms. The van der Waals surface area contributed by atoms with Crippen LogP contribution in [0.5, 0.6) is 0 Å². The first-order valence-electron chi connectivity index (χ1n) is 5.14. The summed E-state index contributed by atoms with van der Waals surface area (Å²) in [6, 6.07) is 3.56. The number of hydrogen-bond acceptors (Lipinski definition) is 1. The van der Waals surface area contributed by atoms with Gasteiger partial charge >= 0.3 is 0 Å². The van der Waals surface area contributed by atoms with E-state index in [1.807, 2.05) is 20.8 Å². The lowest BCUT2D eigenvalue weighted by Gasteiger charge is -2.24. The number of nitrogens with one attached hydrogen (secondary N) is 1. The summed E-state index contributed by atoms with van der Waals surface area (Å²) in [7, 11) is 0. The predicted octanol–water partition coefficient (Wildman–Crippen LogP) is 2.88. The van der Waals surface area contributed by atoms with Crippen LogP contribution in [0, 0.1) is 11.6 Å². The van der Waals surface area contributed by atoms with Gasteiger partial charge in [-0.2, -0.15) is 0 Å². The minimum Gasteiger partial charge on any atom is -0.347 e. The van der Waals surface area contributed by atoms with Crippen molar-refractivity contribution in [3.8, 4) is 0 Å². The average molecular weight is 227 g/mol. The van der Waals surface area contributed by atoms with Gasteiger partial charge in [0, 0.05) is 5.54 Å². The summed E-state index contributed by atoms with van der Waals surface area (Å²) >= 11 is 0. The van der Waals surface area contributed by atoms with E-state index in [2.05, 4.69) is 5.32 Å². The number of rotatable bonds is 3. The minimum atomic E-state index is -1.10. The maximum Gasteiger partial charge on any atom is 0.254 e. The highest BCUT2D eigenvalue weighted by molar-refractivity contribution is 5.94. The van der Waals surface area contributed by atoms with Crippen molar-refractivity contribution in [3.63, 3.8) is 0 Å². The molecule has 1 aromatic rings. The molecule has 0 aromatic heterocycles. The number of halogens is 2. The van der Waals surface area contributed by atoms with Crippen molar-refractivity contribution in [2.45, 2.75) is 32.7 Å². The molecule has 0 fully saturated rings. The topological polar surface area (TPSA) is 29.1 Å². The Bertz CT molecular complexity index is 402. The third-order valence-electron chi connectivity index (χ3n) is 2.53. The van der Waals surface area contributed by atoms with E-state index in [-0.39, 0.29) is 5.56 Å². The van der Waals surface area contributed by atoms with Gasteiger partial charge in [0.15, 0.2) is 11.6 Å². The van der Waals surface area contributed by atoms with Crippen LogP contribution in [-0.4, -0.2) is 11.4 Å². The average Bonchev–Trinajstić information content (AvgIpc) is 2.21. The van der Waals surface area contributed by atoms with Gasteiger partial charge in [0.25, 0.3) is 5.91 Å². The monoisotopic (exact) mass is 227 g/mol. The molecule has 0 atom stereocenters. The van der Waals surface area contributed by atoms with Gasteiger partial charge < -0.3 is 5.32 Å². The zero-order valence-electron chi connectivity index (χ0n) is 9.60. The molecule has 1 N–H and O–H groups in total. The van der Waals surface area contributed by atoms with Crippen molar-refractivity contribution in [2.24, 2.45) is 0 Å². The van der Waals surface area contributed by atoms with Crippen LogP contribution < -0.4 is 5.32 Å². The Morgan fingerprint density at radius 3 is 2.56 bits per heavy atom. The largest absolute Gasteiger partial charge is 0.347 e. The third-order valence-corrected chi connectivity index (χ3v) is 2.53. The Morgan fingerprint density at radius 1 is 1.38 bits per heavy atom. The van der Waals surface area contributed by atoms with Crippen LogP contribution in [0.2, 0.25) is 0 Å². The fourth-order valence-electron chi connectivity index (χ4n) is 1.14. The maximum atomic E-state index is 13.3. The van der Waals surface area contributed by atoms with Crippen LogP contribution in [0.15, 0.2) is 18.2 Å². The molecule has 0 aliphatic heterocycles. The summed E-state index contributed by atoms with van der Waals surface area (Å²) in [6.07, 6.45) is 0.704. The number of hydrogen-bond donors (Lipinski definition) is 1. The van der Waals surface area contributed by atoms with E-state index >= 15 is 0 Å². The maximum absolute atomic E-state index is 13.3. The molecule has 0 aliphatic rings. The fourth-order valence-corrected chi connectivity index (χ4v) is 1.14. The molecule has 88 valence electrons. The molecule has 0 radical (unpaired) electrons. The molecule has 1 aromatic carbocycles. The van der Waals surface area contributed by atoms with Gasteiger partial charge in [-0.3, -0.25) is 4.79 Å². The molecule has 0 spiro atoms. The fraction of sp³-hybridized carbons (Fsp3) is 0.417. The Labute approximate surface area is 93.7 Å². The number of amides is 1. The van der Waals surface area contributed by atoms with Crippen molar-refractivity contribution in [2.75, 3.05) is 0 Å². The number of benzene rings is 1. The summed E-state index contributed by atoms with van der Waals surface area (Å²) in [5.41, 5.74) is -0.697. The SMILES string of the molecule is CCC(C)(C)NC(=O)c1cccc(F)c1F. The Kier molecular flexibility index (Phi) is 3.62. The number of carbonyl (C=O) groups excluding carboxylic acids is 1. The molecule has 0 heterocycles. The summed E-state index contributed by atoms with van der Waals surface area (Å²) in [4.78, 5) is 11.7. The predicted molar refractivity (Wildman–Crippen MR) is 58.2 cm³/mol. The Balaban J connectivity index is 2.94. The van der Waals surface area contributed by atoms with Crippen molar-refractivity contribution in [3.05, 3.63) is 35.4 Å². The molecule has 0 bridgehead atoms. The van der Waals surface area contributed by atoms with Crippen molar-refractivity contribution < 1.29 is 13.6 Å². The summed E-state index contributed by atoms with van der Waals surface area (Å²) in [5, 5.41) is 2.64. The van der Waals surface area contributed by atoms with E-state index < -0.39 is 23.1 Å². The highest BCUT2D eigenvalue weighted by Crippen LogP contribution is 2.14.